The lowest BCUT2D eigenvalue weighted by molar-refractivity contribution is 0.514. The molecular weight excluding hydrogens is 190 g/mol. The monoisotopic (exact) mass is 213 g/mol. The summed E-state index contributed by atoms with van der Waals surface area (Å²) < 4.78 is 0. The number of hydrogen-bond donors (Lipinski definition) is 1. The second kappa shape index (κ2) is 5.41. The van der Waals surface area contributed by atoms with E-state index in [0.29, 0.717) is 0 Å². The van der Waals surface area contributed by atoms with Crippen molar-refractivity contribution in [3.05, 3.63) is 0 Å². The molecule has 14 heavy (non-hydrogen) atoms. The van der Waals surface area contributed by atoms with E-state index in [1.807, 2.05) is 0 Å². The summed E-state index contributed by atoms with van der Waals surface area (Å²) in [6.45, 7) is 0. The first kappa shape index (κ1) is 10.8. The van der Waals surface area contributed by atoms with E-state index in [2.05, 4.69) is 24.1 Å². The highest BCUT2D eigenvalue weighted by molar-refractivity contribution is 8.00. The summed E-state index contributed by atoms with van der Waals surface area (Å²) >= 11 is 2.31. The van der Waals surface area contributed by atoms with Gasteiger partial charge in [-0.15, -0.1) is 0 Å². The Hall–Kier alpha value is 0.310. The molecule has 0 aliphatic heterocycles. The maximum absolute atomic E-state index is 3.42. The molecule has 0 radical (unpaired) electrons. The predicted octanol–water partition coefficient (Wildman–Crippen LogP) is 3.19. The van der Waals surface area contributed by atoms with Crippen LogP contribution in [-0.4, -0.2) is 23.6 Å². The van der Waals surface area contributed by atoms with Gasteiger partial charge in [-0.05, 0) is 39.2 Å². The molecule has 2 rings (SSSR count). The average molecular weight is 213 g/mol. The molecule has 0 bridgehead atoms. The minimum absolute atomic E-state index is 0.816. The first-order valence-electron chi connectivity index (χ1n) is 6.21. The molecule has 2 aliphatic rings. The van der Waals surface area contributed by atoms with Crippen molar-refractivity contribution in [3.63, 3.8) is 0 Å². The summed E-state index contributed by atoms with van der Waals surface area (Å²) in [7, 11) is 2.11. The van der Waals surface area contributed by atoms with Gasteiger partial charge < -0.3 is 5.32 Å². The Balaban J connectivity index is 1.69. The van der Waals surface area contributed by atoms with Gasteiger partial charge >= 0.3 is 0 Å². The molecule has 0 heterocycles. The van der Waals surface area contributed by atoms with E-state index in [4.69, 9.17) is 0 Å². The van der Waals surface area contributed by atoms with E-state index < -0.39 is 0 Å². The van der Waals surface area contributed by atoms with Crippen molar-refractivity contribution in [2.75, 3.05) is 7.05 Å². The second-order valence-electron chi connectivity index (χ2n) is 4.82. The standard InChI is InChI=1S/C12H23NS/c1-13-10-7-8-12(9-10)14-11-5-3-2-4-6-11/h10-13H,2-9H2,1H3. The van der Waals surface area contributed by atoms with E-state index in [-0.39, 0.29) is 0 Å². The van der Waals surface area contributed by atoms with Crippen LogP contribution in [0.4, 0.5) is 0 Å². The maximum Gasteiger partial charge on any atom is 0.00750 e. The lowest BCUT2D eigenvalue weighted by Gasteiger charge is -2.24. The van der Waals surface area contributed by atoms with Crippen LogP contribution in [0.15, 0.2) is 0 Å². The van der Waals surface area contributed by atoms with Crippen molar-refractivity contribution in [2.45, 2.75) is 67.9 Å². The van der Waals surface area contributed by atoms with Crippen LogP contribution in [0, 0.1) is 0 Å². The highest BCUT2D eigenvalue weighted by Crippen LogP contribution is 2.37. The van der Waals surface area contributed by atoms with Gasteiger partial charge in [0.05, 0.1) is 0 Å². The van der Waals surface area contributed by atoms with Crippen LogP contribution in [0.1, 0.15) is 51.4 Å². The lowest BCUT2D eigenvalue weighted by Crippen LogP contribution is -2.22. The molecule has 2 saturated carbocycles. The minimum Gasteiger partial charge on any atom is -0.317 e. The highest BCUT2D eigenvalue weighted by atomic mass is 32.2. The zero-order valence-corrected chi connectivity index (χ0v) is 10.1. The molecular formula is C12H23NS. The van der Waals surface area contributed by atoms with Crippen molar-refractivity contribution in [2.24, 2.45) is 0 Å². The third-order valence-electron chi connectivity index (χ3n) is 3.73. The SMILES string of the molecule is CNC1CCC(SC2CCCCC2)C1. The Morgan fingerprint density at radius 1 is 0.929 bits per heavy atom. The summed E-state index contributed by atoms with van der Waals surface area (Å²) in [4.78, 5) is 0. The minimum atomic E-state index is 0.816. The van der Waals surface area contributed by atoms with Crippen molar-refractivity contribution in [3.8, 4) is 0 Å². The molecule has 0 aromatic heterocycles. The van der Waals surface area contributed by atoms with Gasteiger partial charge in [-0.3, -0.25) is 0 Å². The first-order valence-corrected chi connectivity index (χ1v) is 7.15. The van der Waals surface area contributed by atoms with Gasteiger partial charge in [0.15, 0.2) is 0 Å². The molecule has 1 N–H and O–H groups in total. The third-order valence-corrected chi connectivity index (χ3v) is 5.40. The number of nitrogens with one attached hydrogen (secondary N) is 1. The Morgan fingerprint density at radius 3 is 2.36 bits per heavy atom. The van der Waals surface area contributed by atoms with Crippen molar-refractivity contribution < 1.29 is 0 Å². The van der Waals surface area contributed by atoms with Crippen LogP contribution < -0.4 is 5.32 Å². The Labute approximate surface area is 92.4 Å². The summed E-state index contributed by atoms with van der Waals surface area (Å²) in [5, 5.41) is 5.39. The summed E-state index contributed by atoms with van der Waals surface area (Å²) in [5.41, 5.74) is 0. The van der Waals surface area contributed by atoms with Gasteiger partial charge in [-0.25, -0.2) is 0 Å². The maximum atomic E-state index is 3.42. The van der Waals surface area contributed by atoms with E-state index in [1.54, 1.807) is 0 Å². The summed E-state index contributed by atoms with van der Waals surface area (Å²) in [5.74, 6) is 0. The predicted molar refractivity (Wildman–Crippen MR) is 65.0 cm³/mol. The second-order valence-corrected chi connectivity index (χ2v) is 6.42. The van der Waals surface area contributed by atoms with Crippen LogP contribution in [-0.2, 0) is 0 Å². The van der Waals surface area contributed by atoms with E-state index in [1.165, 1.54) is 51.4 Å². The smallest absolute Gasteiger partial charge is 0.00750 e. The van der Waals surface area contributed by atoms with Gasteiger partial charge in [-0.1, -0.05) is 19.3 Å². The topological polar surface area (TPSA) is 12.0 Å². The zero-order chi connectivity index (χ0) is 9.80. The molecule has 0 saturated heterocycles. The van der Waals surface area contributed by atoms with Crippen LogP contribution in [0.3, 0.4) is 0 Å². The molecule has 1 nitrogen and oxygen atoms in total. The largest absolute Gasteiger partial charge is 0.317 e. The fraction of sp³-hybridized carbons (Fsp3) is 1.00. The first-order chi connectivity index (χ1) is 6.88. The molecule has 2 heteroatoms. The van der Waals surface area contributed by atoms with Gasteiger partial charge in [-0.2, -0.15) is 11.8 Å². The van der Waals surface area contributed by atoms with Gasteiger partial charge in [0.1, 0.15) is 0 Å². The normalized spacial score (nSPS) is 34.9. The van der Waals surface area contributed by atoms with Crippen molar-refractivity contribution in [1.29, 1.82) is 0 Å². The molecule has 0 spiro atoms. The van der Waals surface area contributed by atoms with E-state index in [9.17, 15) is 0 Å². The quantitative estimate of drug-likeness (QED) is 0.772. The lowest BCUT2D eigenvalue weighted by atomic mass is 10.0. The van der Waals surface area contributed by atoms with Crippen molar-refractivity contribution in [1.82, 2.24) is 5.32 Å². The van der Waals surface area contributed by atoms with Gasteiger partial charge in [0.2, 0.25) is 0 Å². The highest BCUT2D eigenvalue weighted by Gasteiger charge is 2.26. The van der Waals surface area contributed by atoms with Gasteiger partial charge in [0, 0.05) is 16.5 Å². The zero-order valence-electron chi connectivity index (χ0n) is 9.30. The van der Waals surface area contributed by atoms with E-state index in [0.717, 1.165) is 16.5 Å². The summed E-state index contributed by atoms with van der Waals surface area (Å²) in [6.07, 6.45) is 11.7. The van der Waals surface area contributed by atoms with E-state index >= 15 is 0 Å². The average Bonchev–Trinajstić information content (AvgIpc) is 2.67. The molecule has 0 aromatic rings. The molecule has 2 fully saturated rings. The number of hydrogen-bond acceptors (Lipinski definition) is 2. The van der Waals surface area contributed by atoms with Crippen LogP contribution in [0.25, 0.3) is 0 Å². The fourth-order valence-corrected chi connectivity index (χ4v) is 4.56. The molecule has 2 unspecified atom stereocenters. The van der Waals surface area contributed by atoms with Crippen LogP contribution in [0.2, 0.25) is 0 Å². The molecule has 0 amide bonds. The fourth-order valence-electron chi connectivity index (χ4n) is 2.80. The molecule has 82 valence electrons. The van der Waals surface area contributed by atoms with Crippen molar-refractivity contribution >= 4 is 11.8 Å². The summed E-state index contributed by atoms with van der Waals surface area (Å²) in [6, 6.07) is 0.816. The number of rotatable bonds is 3. The Kier molecular flexibility index (Phi) is 4.18. The Bertz CT molecular complexity index is 166. The third kappa shape index (κ3) is 2.90. The molecule has 2 aliphatic carbocycles. The van der Waals surface area contributed by atoms with Crippen LogP contribution in [0.5, 0.6) is 0 Å². The van der Waals surface area contributed by atoms with Gasteiger partial charge in [0.25, 0.3) is 0 Å². The Morgan fingerprint density at radius 2 is 1.71 bits per heavy atom. The molecule has 2 atom stereocenters. The number of thioether (sulfide) groups is 1. The van der Waals surface area contributed by atoms with Crippen LogP contribution >= 0.6 is 11.8 Å². The molecule has 0 aromatic carbocycles.